The average Bonchev–Trinajstić information content (AvgIpc) is 3.17. The highest BCUT2D eigenvalue weighted by molar-refractivity contribution is 5.71. The number of nitrogens with two attached hydrogens (primary N) is 1. The summed E-state index contributed by atoms with van der Waals surface area (Å²) in [5, 5.41) is 4.55. The van der Waals surface area contributed by atoms with Crippen molar-refractivity contribution in [2.45, 2.75) is 32.9 Å². The van der Waals surface area contributed by atoms with Gasteiger partial charge in [0.2, 0.25) is 0 Å². The van der Waals surface area contributed by atoms with Gasteiger partial charge < -0.3 is 10.5 Å². The lowest BCUT2D eigenvalue weighted by Gasteiger charge is -2.21. The van der Waals surface area contributed by atoms with E-state index in [2.05, 4.69) is 20.1 Å². The molecule has 0 radical (unpaired) electrons. The maximum absolute atomic E-state index is 14.2. The molecule has 31 heavy (non-hydrogen) atoms. The molecule has 0 aliphatic carbocycles. The summed E-state index contributed by atoms with van der Waals surface area (Å²) in [7, 11) is 0. The molecule has 3 aromatic heterocycles. The second-order valence-corrected chi connectivity index (χ2v) is 7.46. The molecule has 2 bridgehead atoms. The second-order valence-electron chi connectivity index (χ2n) is 7.46. The Morgan fingerprint density at radius 3 is 2.84 bits per heavy atom. The van der Waals surface area contributed by atoms with Gasteiger partial charge in [0.1, 0.15) is 11.9 Å². The van der Waals surface area contributed by atoms with Crippen molar-refractivity contribution >= 4 is 5.82 Å². The van der Waals surface area contributed by atoms with Gasteiger partial charge in [-0.15, -0.1) is 0 Å². The molecule has 1 aromatic carbocycles. The first kappa shape index (κ1) is 19.2. The van der Waals surface area contributed by atoms with Crippen molar-refractivity contribution in [1.82, 2.24) is 24.7 Å². The number of fused-ring (bicyclic) bond motifs is 7. The van der Waals surface area contributed by atoms with E-state index in [0.717, 1.165) is 28.1 Å². The van der Waals surface area contributed by atoms with Crippen molar-refractivity contribution in [3.05, 3.63) is 71.7 Å². The summed E-state index contributed by atoms with van der Waals surface area (Å²) in [6, 6.07) is 6.48. The van der Waals surface area contributed by atoms with E-state index < -0.39 is 6.10 Å². The minimum Gasteiger partial charge on any atom is -0.482 e. The molecule has 1 aliphatic heterocycles. The highest BCUT2D eigenvalue weighted by atomic mass is 19.1. The van der Waals surface area contributed by atoms with Crippen LogP contribution in [0.25, 0.3) is 22.5 Å². The van der Waals surface area contributed by atoms with Crippen molar-refractivity contribution in [3.8, 4) is 28.3 Å². The predicted octanol–water partition coefficient (Wildman–Crippen LogP) is 4.19. The van der Waals surface area contributed by atoms with Crippen LogP contribution in [-0.4, -0.2) is 24.7 Å². The van der Waals surface area contributed by atoms with E-state index in [1.807, 2.05) is 30.8 Å². The Labute approximate surface area is 178 Å². The largest absolute Gasteiger partial charge is 0.482 e. The number of hydrogen-bond donors (Lipinski definition) is 1. The van der Waals surface area contributed by atoms with E-state index in [1.165, 1.54) is 12.1 Å². The fourth-order valence-electron chi connectivity index (χ4n) is 4.05. The molecule has 156 valence electrons. The van der Waals surface area contributed by atoms with Crippen LogP contribution in [0.15, 0.2) is 49.1 Å². The van der Waals surface area contributed by atoms with Gasteiger partial charge in [0.15, 0.2) is 11.6 Å². The standard InChI is InChI=1S/C23H21FN6O/c1-3-30-22-14(12-29-30)8-19-21(27-7-6-26-19)17-5-4-16(24)10-18(17)13(2)31-20-9-15(22)11-28-23(20)25/h4-7,9-13H,3,8H2,1-2H3,(H2,25,28). The van der Waals surface area contributed by atoms with Crippen LogP contribution in [0.3, 0.4) is 0 Å². The number of pyridine rings is 1. The van der Waals surface area contributed by atoms with Gasteiger partial charge in [-0.05, 0) is 38.1 Å². The molecule has 1 aliphatic rings. The third kappa shape index (κ3) is 3.30. The van der Waals surface area contributed by atoms with E-state index in [1.54, 1.807) is 24.7 Å². The minimum atomic E-state index is -0.491. The van der Waals surface area contributed by atoms with Crippen LogP contribution < -0.4 is 10.5 Å². The van der Waals surface area contributed by atoms with Crippen LogP contribution >= 0.6 is 0 Å². The third-order valence-electron chi connectivity index (χ3n) is 5.51. The van der Waals surface area contributed by atoms with E-state index in [4.69, 9.17) is 10.5 Å². The van der Waals surface area contributed by atoms with Crippen molar-refractivity contribution in [2.75, 3.05) is 5.73 Å². The molecule has 2 N–H and O–H groups in total. The summed E-state index contributed by atoms with van der Waals surface area (Å²) in [6.45, 7) is 4.59. The average molecular weight is 416 g/mol. The summed E-state index contributed by atoms with van der Waals surface area (Å²) in [5.41, 5.74) is 11.8. The van der Waals surface area contributed by atoms with Crippen molar-refractivity contribution in [3.63, 3.8) is 0 Å². The first-order chi connectivity index (χ1) is 15.0. The van der Waals surface area contributed by atoms with Gasteiger partial charge in [0, 0.05) is 53.8 Å². The predicted molar refractivity (Wildman–Crippen MR) is 115 cm³/mol. The Kier molecular flexibility index (Phi) is 4.62. The lowest BCUT2D eigenvalue weighted by molar-refractivity contribution is 0.227. The van der Waals surface area contributed by atoms with Gasteiger partial charge in [-0.25, -0.2) is 9.37 Å². The fourth-order valence-corrected chi connectivity index (χ4v) is 4.05. The van der Waals surface area contributed by atoms with E-state index >= 15 is 0 Å². The van der Waals surface area contributed by atoms with Gasteiger partial charge in [-0.3, -0.25) is 14.6 Å². The number of ether oxygens (including phenoxy) is 1. The number of nitrogens with zero attached hydrogens (tertiary/aromatic N) is 5. The Hall–Kier alpha value is -3.81. The molecule has 0 fully saturated rings. The first-order valence-electron chi connectivity index (χ1n) is 10.1. The lowest BCUT2D eigenvalue weighted by Crippen LogP contribution is -2.11. The van der Waals surface area contributed by atoms with Crippen molar-refractivity contribution in [1.29, 1.82) is 0 Å². The zero-order valence-corrected chi connectivity index (χ0v) is 17.2. The van der Waals surface area contributed by atoms with Crippen LogP contribution in [0.2, 0.25) is 0 Å². The highest BCUT2D eigenvalue weighted by Crippen LogP contribution is 2.37. The van der Waals surface area contributed by atoms with Crippen LogP contribution in [0, 0.1) is 5.82 Å². The number of anilines is 1. The maximum atomic E-state index is 14.2. The second kappa shape index (κ2) is 7.46. The molecule has 8 heteroatoms. The van der Waals surface area contributed by atoms with Gasteiger partial charge in [-0.1, -0.05) is 0 Å². The molecule has 0 saturated carbocycles. The number of aryl methyl sites for hydroxylation is 1. The third-order valence-corrected chi connectivity index (χ3v) is 5.51. The molecule has 5 rings (SSSR count). The number of rotatable bonds is 1. The Balaban J connectivity index is 1.81. The maximum Gasteiger partial charge on any atom is 0.166 e. The van der Waals surface area contributed by atoms with Gasteiger partial charge in [0.05, 0.1) is 23.3 Å². The van der Waals surface area contributed by atoms with Crippen LogP contribution in [0.4, 0.5) is 10.2 Å². The number of halogens is 1. The molecule has 1 unspecified atom stereocenters. The van der Waals surface area contributed by atoms with E-state index in [9.17, 15) is 4.39 Å². The van der Waals surface area contributed by atoms with Gasteiger partial charge >= 0.3 is 0 Å². The van der Waals surface area contributed by atoms with Crippen LogP contribution in [0.1, 0.15) is 36.8 Å². The number of nitrogen functional groups attached to an aromatic ring is 1. The molecule has 4 aromatic rings. The van der Waals surface area contributed by atoms with Gasteiger partial charge in [0.25, 0.3) is 0 Å². The summed E-state index contributed by atoms with van der Waals surface area (Å²) in [4.78, 5) is 13.5. The molecular formula is C23H21FN6O. The smallest absolute Gasteiger partial charge is 0.166 e. The molecule has 0 amide bonds. The van der Waals surface area contributed by atoms with Crippen LogP contribution in [-0.2, 0) is 13.0 Å². The van der Waals surface area contributed by atoms with Gasteiger partial charge in [-0.2, -0.15) is 5.10 Å². The molecule has 0 saturated heterocycles. The Morgan fingerprint density at radius 1 is 1.16 bits per heavy atom. The normalized spacial score (nSPS) is 15.0. The fraction of sp³-hybridized carbons (Fsp3) is 0.217. The summed E-state index contributed by atoms with van der Waals surface area (Å²) < 4.78 is 22.3. The SMILES string of the molecule is CCn1ncc2c1-c1cnc(N)c(c1)OC(C)c1cc(F)ccc1-c1nccnc1C2. The molecule has 1 atom stereocenters. The number of aromatic nitrogens is 5. The summed E-state index contributed by atoms with van der Waals surface area (Å²) in [6.07, 6.45) is 6.90. The lowest BCUT2D eigenvalue weighted by atomic mass is 9.96. The minimum absolute atomic E-state index is 0.273. The van der Waals surface area contributed by atoms with E-state index in [-0.39, 0.29) is 11.6 Å². The van der Waals surface area contributed by atoms with Crippen molar-refractivity contribution in [2.24, 2.45) is 0 Å². The molecular weight excluding hydrogens is 395 g/mol. The molecule has 7 nitrogen and oxygen atoms in total. The topological polar surface area (TPSA) is 91.7 Å². The molecule has 4 heterocycles. The highest BCUT2D eigenvalue weighted by Gasteiger charge is 2.23. The summed E-state index contributed by atoms with van der Waals surface area (Å²) >= 11 is 0. The zero-order valence-electron chi connectivity index (χ0n) is 17.2. The van der Waals surface area contributed by atoms with E-state index in [0.29, 0.717) is 30.0 Å². The first-order valence-corrected chi connectivity index (χ1v) is 10.1. The number of hydrogen-bond acceptors (Lipinski definition) is 6. The Bertz CT molecular complexity index is 1290. The summed E-state index contributed by atoms with van der Waals surface area (Å²) in [5.74, 6) is 0.364. The zero-order chi connectivity index (χ0) is 21.5. The quantitative estimate of drug-likeness (QED) is 0.500. The number of benzene rings is 1. The van der Waals surface area contributed by atoms with Crippen LogP contribution in [0.5, 0.6) is 5.75 Å². The van der Waals surface area contributed by atoms with Crippen molar-refractivity contribution < 1.29 is 9.13 Å². The molecule has 0 spiro atoms. The Morgan fingerprint density at radius 2 is 2.00 bits per heavy atom. The monoisotopic (exact) mass is 416 g/mol.